The number of rotatable bonds is 5. The summed E-state index contributed by atoms with van der Waals surface area (Å²) in [4.78, 5) is 3.94. The number of hydrogen-bond donors (Lipinski definition) is 2. The van der Waals surface area contributed by atoms with E-state index in [1.54, 1.807) is 0 Å². The van der Waals surface area contributed by atoms with Gasteiger partial charge >= 0.3 is 0 Å². The molecule has 1 aromatic rings. The fourth-order valence-electron chi connectivity index (χ4n) is 1.31. The molecule has 4 heteroatoms. The molecule has 1 aromatic carbocycles. The molecule has 0 aliphatic carbocycles. The van der Waals surface area contributed by atoms with E-state index < -0.39 is 0 Å². The summed E-state index contributed by atoms with van der Waals surface area (Å²) in [5.74, 6) is 1.04. The molecule has 0 atom stereocenters. The Morgan fingerprint density at radius 3 is 2.73 bits per heavy atom. The second-order valence-corrected chi connectivity index (χ2v) is 3.10. The van der Waals surface area contributed by atoms with Crippen LogP contribution in [0.15, 0.2) is 29.3 Å². The van der Waals surface area contributed by atoms with E-state index in [9.17, 15) is 0 Å². The van der Waals surface area contributed by atoms with E-state index >= 15 is 0 Å². The normalized spacial score (nSPS) is 9.67. The van der Waals surface area contributed by atoms with Gasteiger partial charge in [0.2, 0.25) is 0 Å². The number of guanidine groups is 1. The maximum atomic E-state index is 5.48. The number of nitrogens with two attached hydrogens (primary N) is 2. The molecule has 0 bridgehead atoms. The Hall–Kier alpha value is -1.71. The minimum Gasteiger partial charge on any atom is -0.494 e. The van der Waals surface area contributed by atoms with Crippen LogP contribution in [-0.4, -0.2) is 19.1 Å². The van der Waals surface area contributed by atoms with Crippen molar-refractivity contribution in [3.8, 4) is 5.75 Å². The quantitative estimate of drug-likeness (QED) is 0.556. The second kappa shape index (κ2) is 5.90. The van der Waals surface area contributed by atoms with Crippen LogP contribution in [0.25, 0.3) is 0 Å². The maximum Gasteiger partial charge on any atom is 0.185 e. The first-order valence-electron chi connectivity index (χ1n) is 5.00. The van der Waals surface area contributed by atoms with Crippen molar-refractivity contribution in [2.45, 2.75) is 13.3 Å². The number of para-hydroxylation sites is 1. The lowest BCUT2D eigenvalue weighted by molar-refractivity contribution is 0.336. The molecule has 0 aromatic heterocycles. The Kier molecular flexibility index (Phi) is 4.47. The fourth-order valence-corrected chi connectivity index (χ4v) is 1.31. The summed E-state index contributed by atoms with van der Waals surface area (Å²) in [6.45, 7) is 3.22. The highest BCUT2D eigenvalue weighted by Gasteiger charge is 2.00. The molecule has 0 aliphatic heterocycles. The molecule has 0 radical (unpaired) electrons. The van der Waals surface area contributed by atoms with Gasteiger partial charge in [-0.05, 0) is 25.0 Å². The van der Waals surface area contributed by atoms with Crippen molar-refractivity contribution in [1.29, 1.82) is 0 Å². The van der Waals surface area contributed by atoms with E-state index in [2.05, 4.69) is 4.99 Å². The summed E-state index contributed by atoms with van der Waals surface area (Å²) in [5.41, 5.74) is 11.6. The van der Waals surface area contributed by atoms with E-state index in [4.69, 9.17) is 16.2 Å². The number of nitrogens with zero attached hydrogens (tertiary/aromatic N) is 1. The van der Waals surface area contributed by atoms with Gasteiger partial charge in [-0.1, -0.05) is 18.2 Å². The number of benzene rings is 1. The third-order valence-corrected chi connectivity index (χ3v) is 1.95. The number of ether oxygens (including phenoxy) is 1. The van der Waals surface area contributed by atoms with Crippen molar-refractivity contribution >= 4 is 5.96 Å². The first-order valence-corrected chi connectivity index (χ1v) is 5.00. The molecule has 0 fully saturated rings. The third-order valence-electron chi connectivity index (χ3n) is 1.95. The molecule has 15 heavy (non-hydrogen) atoms. The number of aliphatic imine (C=N–C) groups is 1. The smallest absolute Gasteiger partial charge is 0.185 e. The molecular weight excluding hydrogens is 190 g/mol. The zero-order chi connectivity index (χ0) is 11.1. The maximum absolute atomic E-state index is 5.48. The Labute approximate surface area is 89.9 Å². The summed E-state index contributed by atoms with van der Waals surface area (Å²) >= 11 is 0. The average molecular weight is 207 g/mol. The lowest BCUT2D eigenvalue weighted by Gasteiger charge is -2.08. The van der Waals surface area contributed by atoms with Crippen LogP contribution in [-0.2, 0) is 6.42 Å². The SMILES string of the molecule is CCOc1ccccc1CCN=C(N)N. The van der Waals surface area contributed by atoms with Crippen LogP contribution >= 0.6 is 0 Å². The lowest BCUT2D eigenvalue weighted by Crippen LogP contribution is -2.23. The van der Waals surface area contributed by atoms with Gasteiger partial charge in [0.15, 0.2) is 5.96 Å². The monoisotopic (exact) mass is 207 g/mol. The standard InChI is InChI=1S/C11H17N3O/c1-2-15-10-6-4-3-5-9(10)7-8-14-11(12)13/h3-6H,2,7-8H2,1H3,(H4,12,13,14). The van der Waals surface area contributed by atoms with Gasteiger partial charge < -0.3 is 16.2 Å². The van der Waals surface area contributed by atoms with E-state index in [-0.39, 0.29) is 5.96 Å². The van der Waals surface area contributed by atoms with Gasteiger partial charge in [-0.2, -0.15) is 0 Å². The molecule has 0 saturated heterocycles. The molecule has 4 nitrogen and oxygen atoms in total. The van der Waals surface area contributed by atoms with Gasteiger partial charge in [0.05, 0.1) is 6.61 Å². The zero-order valence-electron chi connectivity index (χ0n) is 8.94. The molecule has 1 rings (SSSR count). The van der Waals surface area contributed by atoms with Crippen LogP contribution in [0.5, 0.6) is 5.75 Å². The molecule has 0 unspecified atom stereocenters. The van der Waals surface area contributed by atoms with E-state index in [0.717, 1.165) is 17.7 Å². The van der Waals surface area contributed by atoms with Crippen LogP contribution in [0.4, 0.5) is 0 Å². The highest BCUT2D eigenvalue weighted by molar-refractivity contribution is 5.75. The van der Waals surface area contributed by atoms with Crippen LogP contribution in [0, 0.1) is 0 Å². The van der Waals surface area contributed by atoms with Crippen molar-refractivity contribution in [1.82, 2.24) is 0 Å². The fraction of sp³-hybridized carbons (Fsp3) is 0.364. The molecule has 82 valence electrons. The van der Waals surface area contributed by atoms with Crippen molar-refractivity contribution in [3.05, 3.63) is 29.8 Å². The predicted molar refractivity (Wildman–Crippen MR) is 62.0 cm³/mol. The van der Waals surface area contributed by atoms with Crippen molar-refractivity contribution in [3.63, 3.8) is 0 Å². The van der Waals surface area contributed by atoms with Crippen molar-refractivity contribution in [2.75, 3.05) is 13.2 Å². The van der Waals surface area contributed by atoms with Gasteiger partial charge in [0.25, 0.3) is 0 Å². The van der Waals surface area contributed by atoms with Gasteiger partial charge in [0.1, 0.15) is 5.75 Å². The molecule has 0 amide bonds. The van der Waals surface area contributed by atoms with Crippen molar-refractivity contribution < 1.29 is 4.74 Å². The largest absolute Gasteiger partial charge is 0.494 e. The Morgan fingerprint density at radius 1 is 1.33 bits per heavy atom. The Balaban J connectivity index is 2.63. The van der Waals surface area contributed by atoms with Crippen LogP contribution < -0.4 is 16.2 Å². The summed E-state index contributed by atoms with van der Waals surface area (Å²) in [6, 6.07) is 7.91. The predicted octanol–water partition coefficient (Wildman–Crippen LogP) is 0.901. The average Bonchev–Trinajstić information content (AvgIpc) is 2.20. The molecule has 4 N–H and O–H groups in total. The highest BCUT2D eigenvalue weighted by Crippen LogP contribution is 2.18. The van der Waals surface area contributed by atoms with Gasteiger partial charge in [-0.25, -0.2) is 0 Å². The molecule has 0 heterocycles. The first-order chi connectivity index (χ1) is 7.24. The molecule has 0 spiro atoms. The van der Waals surface area contributed by atoms with Gasteiger partial charge in [-0.15, -0.1) is 0 Å². The van der Waals surface area contributed by atoms with Crippen LogP contribution in [0.1, 0.15) is 12.5 Å². The summed E-state index contributed by atoms with van der Waals surface area (Å²) in [5, 5.41) is 0. The zero-order valence-corrected chi connectivity index (χ0v) is 8.94. The first kappa shape index (κ1) is 11.4. The Morgan fingerprint density at radius 2 is 2.07 bits per heavy atom. The second-order valence-electron chi connectivity index (χ2n) is 3.10. The minimum atomic E-state index is 0.129. The summed E-state index contributed by atoms with van der Waals surface area (Å²) < 4.78 is 5.48. The highest BCUT2D eigenvalue weighted by atomic mass is 16.5. The van der Waals surface area contributed by atoms with Crippen LogP contribution in [0.3, 0.4) is 0 Å². The van der Waals surface area contributed by atoms with Crippen LogP contribution in [0.2, 0.25) is 0 Å². The summed E-state index contributed by atoms with van der Waals surface area (Å²) in [6.07, 6.45) is 0.786. The molecular formula is C11H17N3O. The topological polar surface area (TPSA) is 73.6 Å². The third kappa shape index (κ3) is 3.89. The van der Waals surface area contributed by atoms with Gasteiger partial charge in [-0.3, -0.25) is 4.99 Å². The van der Waals surface area contributed by atoms with E-state index in [1.165, 1.54) is 0 Å². The van der Waals surface area contributed by atoms with E-state index in [0.29, 0.717) is 13.2 Å². The van der Waals surface area contributed by atoms with E-state index in [1.807, 2.05) is 31.2 Å². The van der Waals surface area contributed by atoms with Gasteiger partial charge in [0, 0.05) is 6.54 Å². The minimum absolute atomic E-state index is 0.129. The number of hydrogen-bond acceptors (Lipinski definition) is 2. The Bertz CT molecular complexity index is 332. The lowest BCUT2D eigenvalue weighted by atomic mass is 10.1. The molecule has 0 saturated carbocycles. The molecule has 0 aliphatic rings. The summed E-state index contributed by atoms with van der Waals surface area (Å²) in [7, 11) is 0. The van der Waals surface area contributed by atoms with Crippen molar-refractivity contribution in [2.24, 2.45) is 16.5 Å².